The zero-order valence-electron chi connectivity index (χ0n) is 47.3. The molecule has 70 heavy (non-hydrogen) atoms. The standard InChI is InChI=1S/C64H123NO5/c1-3-5-7-9-11-13-15-33-38-42-46-50-54-58-64(69)70-59-55-51-47-43-39-35-32-30-28-26-24-22-20-18-17-19-21-23-25-27-29-31-34-37-41-45-49-53-57-63(68)65-61(60-66)62(67)56-52-48-44-40-36-16-14-12-10-8-6-4-2/h13,15,17-18,61-62,66-67H,3-12,14,16,19-60H2,1-2H3,(H,65,68)/b15-13-,18-17-. The van der Waals surface area contributed by atoms with Gasteiger partial charge in [0.1, 0.15) is 0 Å². The molecule has 414 valence electrons. The van der Waals surface area contributed by atoms with Crippen LogP contribution in [-0.2, 0) is 14.3 Å². The minimum absolute atomic E-state index is 0.00674. The molecule has 0 aromatic carbocycles. The first kappa shape index (κ1) is 68.3. The molecule has 0 spiro atoms. The van der Waals surface area contributed by atoms with Crippen molar-refractivity contribution in [3.63, 3.8) is 0 Å². The second kappa shape index (κ2) is 59.9. The van der Waals surface area contributed by atoms with Crippen molar-refractivity contribution in [3.05, 3.63) is 24.3 Å². The van der Waals surface area contributed by atoms with Crippen molar-refractivity contribution in [2.45, 2.75) is 360 Å². The third-order valence-electron chi connectivity index (χ3n) is 14.7. The van der Waals surface area contributed by atoms with E-state index in [4.69, 9.17) is 4.74 Å². The maximum Gasteiger partial charge on any atom is 0.305 e. The van der Waals surface area contributed by atoms with Gasteiger partial charge < -0.3 is 20.3 Å². The van der Waals surface area contributed by atoms with Gasteiger partial charge in [0.25, 0.3) is 0 Å². The lowest BCUT2D eigenvalue weighted by Gasteiger charge is -2.22. The van der Waals surface area contributed by atoms with E-state index in [1.54, 1.807) is 0 Å². The highest BCUT2D eigenvalue weighted by Crippen LogP contribution is 2.18. The Kier molecular flexibility index (Phi) is 58.5. The van der Waals surface area contributed by atoms with Crippen LogP contribution in [0.15, 0.2) is 24.3 Å². The summed E-state index contributed by atoms with van der Waals surface area (Å²) in [6.07, 6.45) is 73.4. The second-order valence-corrected chi connectivity index (χ2v) is 21.7. The Labute approximate surface area is 437 Å². The average molecular weight is 987 g/mol. The second-order valence-electron chi connectivity index (χ2n) is 21.7. The molecule has 6 nitrogen and oxygen atoms in total. The number of amides is 1. The van der Waals surface area contributed by atoms with E-state index in [9.17, 15) is 19.8 Å². The molecule has 0 aliphatic carbocycles. The molecule has 0 fully saturated rings. The van der Waals surface area contributed by atoms with Crippen molar-refractivity contribution >= 4 is 11.9 Å². The molecule has 0 aliphatic rings. The predicted molar refractivity (Wildman–Crippen MR) is 306 cm³/mol. The van der Waals surface area contributed by atoms with Crippen LogP contribution >= 0.6 is 0 Å². The lowest BCUT2D eigenvalue weighted by molar-refractivity contribution is -0.143. The predicted octanol–water partition coefficient (Wildman–Crippen LogP) is 19.8. The Hall–Kier alpha value is -1.66. The number of rotatable bonds is 59. The van der Waals surface area contributed by atoms with Crippen LogP contribution in [0.2, 0.25) is 0 Å². The van der Waals surface area contributed by atoms with Crippen LogP contribution in [0.25, 0.3) is 0 Å². The molecule has 6 heteroatoms. The molecule has 0 bridgehead atoms. The van der Waals surface area contributed by atoms with Crippen LogP contribution in [0.4, 0.5) is 0 Å². The van der Waals surface area contributed by atoms with E-state index in [0.717, 1.165) is 44.9 Å². The average Bonchev–Trinajstić information content (AvgIpc) is 3.36. The summed E-state index contributed by atoms with van der Waals surface area (Å²) >= 11 is 0. The number of carbonyl (C=O) groups excluding carboxylic acids is 2. The van der Waals surface area contributed by atoms with Crippen LogP contribution in [0.5, 0.6) is 0 Å². The topological polar surface area (TPSA) is 95.9 Å². The molecule has 2 unspecified atom stereocenters. The van der Waals surface area contributed by atoms with E-state index in [1.165, 1.54) is 270 Å². The van der Waals surface area contributed by atoms with Crippen molar-refractivity contribution in [1.29, 1.82) is 0 Å². The summed E-state index contributed by atoms with van der Waals surface area (Å²) in [6.45, 7) is 4.95. The van der Waals surface area contributed by atoms with Crippen molar-refractivity contribution in [1.82, 2.24) is 5.32 Å². The van der Waals surface area contributed by atoms with Gasteiger partial charge in [-0.1, -0.05) is 282 Å². The van der Waals surface area contributed by atoms with Crippen LogP contribution < -0.4 is 5.32 Å². The molecule has 1 amide bonds. The Balaban J connectivity index is 3.36. The number of hydrogen-bond donors (Lipinski definition) is 3. The zero-order chi connectivity index (χ0) is 50.7. The van der Waals surface area contributed by atoms with Crippen molar-refractivity contribution < 1.29 is 24.5 Å². The largest absolute Gasteiger partial charge is 0.466 e. The monoisotopic (exact) mass is 986 g/mol. The zero-order valence-corrected chi connectivity index (χ0v) is 47.3. The summed E-state index contributed by atoms with van der Waals surface area (Å²) in [6, 6.07) is -0.540. The SMILES string of the molecule is CCCCCC/C=C\CCCCCCCC(=O)OCCCCCCCCCCCCCC/C=C\CCCCCCCCCCCCCCC(=O)NC(CO)C(O)CCCCCCCCCCCCCC. The maximum atomic E-state index is 12.5. The first-order valence-corrected chi connectivity index (χ1v) is 31.6. The van der Waals surface area contributed by atoms with Gasteiger partial charge in [0.2, 0.25) is 5.91 Å². The van der Waals surface area contributed by atoms with Gasteiger partial charge in [-0.05, 0) is 77.0 Å². The van der Waals surface area contributed by atoms with Crippen LogP contribution in [0.3, 0.4) is 0 Å². The third kappa shape index (κ3) is 55.7. The molecule has 2 atom stereocenters. The van der Waals surface area contributed by atoms with Gasteiger partial charge in [-0.3, -0.25) is 9.59 Å². The Bertz CT molecular complexity index is 1090. The Morgan fingerprint density at radius 1 is 0.386 bits per heavy atom. The van der Waals surface area contributed by atoms with E-state index >= 15 is 0 Å². The third-order valence-corrected chi connectivity index (χ3v) is 14.7. The van der Waals surface area contributed by atoms with Gasteiger partial charge >= 0.3 is 5.97 Å². The molecular formula is C64H123NO5. The summed E-state index contributed by atoms with van der Waals surface area (Å²) in [5.74, 6) is -0.0274. The van der Waals surface area contributed by atoms with E-state index in [2.05, 4.69) is 43.5 Å². The number of carbonyl (C=O) groups is 2. The fourth-order valence-corrected chi connectivity index (χ4v) is 9.87. The van der Waals surface area contributed by atoms with Crippen molar-refractivity contribution in [2.24, 2.45) is 0 Å². The molecule has 0 aliphatic heterocycles. The van der Waals surface area contributed by atoms with Gasteiger partial charge in [0.15, 0.2) is 0 Å². The number of esters is 1. The van der Waals surface area contributed by atoms with Gasteiger partial charge in [-0.25, -0.2) is 0 Å². The molecule has 0 heterocycles. The summed E-state index contributed by atoms with van der Waals surface area (Å²) in [4.78, 5) is 24.5. The molecule has 3 N–H and O–H groups in total. The van der Waals surface area contributed by atoms with Gasteiger partial charge in [0.05, 0.1) is 25.4 Å². The number of allylic oxidation sites excluding steroid dienone is 4. The van der Waals surface area contributed by atoms with Gasteiger partial charge in [-0.15, -0.1) is 0 Å². The van der Waals surface area contributed by atoms with E-state index in [-0.39, 0.29) is 18.5 Å². The molecule has 0 rings (SSSR count). The van der Waals surface area contributed by atoms with Crippen LogP contribution in [0.1, 0.15) is 348 Å². The molecule has 0 aromatic rings. The van der Waals surface area contributed by atoms with E-state index in [0.29, 0.717) is 25.9 Å². The highest BCUT2D eigenvalue weighted by atomic mass is 16.5. The molecule has 0 radical (unpaired) electrons. The number of aliphatic hydroxyl groups excluding tert-OH is 2. The molecule has 0 saturated heterocycles. The molecular weight excluding hydrogens is 863 g/mol. The normalized spacial score (nSPS) is 12.7. The summed E-state index contributed by atoms with van der Waals surface area (Å²) < 4.78 is 5.47. The summed E-state index contributed by atoms with van der Waals surface area (Å²) in [7, 11) is 0. The number of nitrogens with one attached hydrogen (secondary N) is 1. The van der Waals surface area contributed by atoms with Crippen LogP contribution in [-0.4, -0.2) is 47.4 Å². The quantitative estimate of drug-likeness (QED) is 0.0321. The molecule has 0 saturated carbocycles. The lowest BCUT2D eigenvalue weighted by Crippen LogP contribution is -2.45. The fourth-order valence-electron chi connectivity index (χ4n) is 9.87. The first-order chi connectivity index (χ1) is 34.5. The highest BCUT2D eigenvalue weighted by Gasteiger charge is 2.20. The smallest absolute Gasteiger partial charge is 0.305 e. The summed E-state index contributed by atoms with van der Waals surface area (Å²) in [5, 5.41) is 23.2. The van der Waals surface area contributed by atoms with E-state index in [1.807, 2.05) is 0 Å². The summed E-state index contributed by atoms with van der Waals surface area (Å²) in [5.41, 5.74) is 0. The highest BCUT2D eigenvalue weighted by molar-refractivity contribution is 5.76. The number of hydrogen-bond acceptors (Lipinski definition) is 5. The fraction of sp³-hybridized carbons (Fsp3) is 0.906. The Morgan fingerprint density at radius 3 is 1.03 bits per heavy atom. The first-order valence-electron chi connectivity index (χ1n) is 31.6. The van der Waals surface area contributed by atoms with E-state index < -0.39 is 12.1 Å². The number of aliphatic hydroxyl groups is 2. The minimum Gasteiger partial charge on any atom is -0.466 e. The van der Waals surface area contributed by atoms with Gasteiger partial charge in [0, 0.05) is 12.8 Å². The minimum atomic E-state index is -0.662. The molecule has 0 aromatic heterocycles. The number of ether oxygens (including phenoxy) is 1. The van der Waals surface area contributed by atoms with Crippen molar-refractivity contribution in [2.75, 3.05) is 13.2 Å². The maximum absolute atomic E-state index is 12.5. The van der Waals surface area contributed by atoms with Crippen molar-refractivity contribution in [3.8, 4) is 0 Å². The van der Waals surface area contributed by atoms with Gasteiger partial charge in [-0.2, -0.15) is 0 Å². The lowest BCUT2D eigenvalue weighted by atomic mass is 10.0. The Morgan fingerprint density at radius 2 is 0.671 bits per heavy atom. The number of unbranched alkanes of at least 4 members (excludes halogenated alkanes) is 44. The van der Waals surface area contributed by atoms with Crippen LogP contribution in [0, 0.1) is 0 Å².